The number of benzene rings is 7. The summed E-state index contributed by atoms with van der Waals surface area (Å²) in [5, 5.41) is 0. The van der Waals surface area contributed by atoms with E-state index in [1.807, 2.05) is 0 Å². The molecule has 3 aliphatic rings. The minimum Gasteiger partial charge on any atom is -0.311 e. The van der Waals surface area contributed by atoms with E-state index in [0.717, 1.165) is 24.2 Å². The fourth-order valence-electron chi connectivity index (χ4n) is 13.0. The zero-order valence-electron chi connectivity index (χ0n) is 50.9. The number of nitrogens with zero attached hydrogens (tertiary/aromatic N) is 3. The van der Waals surface area contributed by atoms with Crippen molar-refractivity contribution in [2.24, 2.45) is 0 Å². The van der Waals surface area contributed by atoms with Gasteiger partial charge < -0.3 is 14.7 Å². The molecule has 7 aromatic rings. The maximum absolute atomic E-state index is 2.70. The Morgan fingerprint density at radius 1 is 0.447 bits per heavy atom. The molecule has 3 nitrogen and oxygen atoms in total. The van der Waals surface area contributed by atoms with Gasteiger partial charge in [-0.15, -0.1) is 0 Å². The first-order valence-electron chi connectivity index (χ1n) is 28.7. The number of anilines is 9. The molecule has 2 aliphatic heterocycles. The first-order valence-corrected chi connectivity index (χ1v) is 28.7. The summed E-state index contributed by atoms with van der Waals surface area (Å²) >= 11 is 0. The first kappa shape index (κ1) is 54.8. The summed E-state index contributed by atoms with van der Waals surface area (Å²) in [5.74, 6) is 0. The molecule has 2 heterocycles. The van der Waals surface area contributed by atoms with E-state index in [2.05, 4.69) is 276 Å². The Kier molecular flexibility index (Phi) is 13.8. The molecule has 0 unspecified atom stereocenters. The van der Waals surface area contributed by atoms with Crippen LogP contribution in [0.4, 0.5) is 51.2 Å². The summed E-state index contributed by atoms with van der Waals surface area (Å²) in [7, 11) is 0. The van der Waals surface area contributed by atoms with E-state index in [-0.39, 0.29) is 33.8 Å². The van der Waals surface area contributed by atoms with Gasteiger partial charge in [0, 0.05) is 34.1 Å². The molecule has 0 atom stereocenters. The molecular weight excluding hydrogens is 918 g/mol. The molecule has 0 saturated heterocycles. The summed E-state index contributed by atoms with van der Waals surface area (Å²) in [4.78, 5) is 7.95. The molecular formula is C72H90BN3. The van der Waals surface area contributed by atoms with Crippen LogP contribution >= 0.6 is 0 Å². The SMILES string of the molecule is CCC.Cc1cc(C)c(N(c2ccc(C(C)(C)C)cc2)c2ccc3c(c2)N(c2c(C)cc(C(C)(C)C)cc2C)c2cc(C(C)(C)C)cc4c2B3c2cc3c(cc2N4c2c(C)cccc2C)C(C)(C)CCC3(C)C)c(C)c1. The lowest BCUT2D eigenvalue weighted by atomic mass is 9.33. The predicted molar refractivity (Wildman–Crippen MR) is 336 cm³/mol. The second-order valence-electron chi connectivity index (χ2n) is 27.8. The fourth-order valence-corrected chi connectivity index (χ4v) is 13.0. The summed E-state index contributed by atoms with van der Waals surface area (Å²) in [6.07, 6.45) is 3.57. The standard InChI is InChI=1S/C69H82BN3.C3H8/c1-41-32-44(4)63(45(5)33-41)71(51-26-24-48(25-27-51)65(8,9)10)52-28-29-55-57(38-52)72(64-46(6)34-49(35-47(64)7)66(11,12)13)59-36-50(67(14,15)16)37-60-61(59)70(55)56-39-53-54(69(19,20)31-30-68(53,17)18)40-58(56)73(60)62-42(2)22-21-23-43(62)3;1-3-2/h21-29,32-40H,30-31H2,1-20H3;3H2,1-2H3. The van der Waals surface area contributed by atoms with Gasteiger partial charge >= 0.3 is 0 Å². The normalized spacial score (nSPS) is 15.3. The van der Waals surface area contributed by atoms with Crippen LogP contribution in [0.15, 0.2) is 109 Å². The van der Waals surface area contributed by atoms with Crippen LogP contribution in [0.1, 0.15) is 190 Å². The lowest BCUT2D eigenvalue weighted by Crippen LogP contribution is -2.62. The molecule has 76 heavy (non-hydrogen) atoms. The van der Waals surface area contributed by atoms with Crippen molar-refractivity contribution in [3.05, 3.63) is 176 Å². The van der Waals surface area contributed by atoms with Gasteiger partial charge in [-0.25, -0.2) is 0 Å². The highest BCUT2D eigenvalue weighted by Crippen LogP contribution is 2.53. The minimum absolute atomic E-state index is 0.00132. The molecule has 1 aliphatic carbocycles. The summed E-state index contributed by atoms with van der Waals surface area (Å²) < 4.78 is 0. The lowest BCUT2D eigenvalue weighted by Gasteiger charge is -2.48. The Labute approximate surface area is 461 Å². The monoisotopic (exact) mass is 1010 g/mol. The molecule has 0 fully saturated rings. The number of hydrogen-bond acceptors (Lipinski definition) is 3. The van der Waals surface area contributed by atoms with E-state index in [1.54, 1.807) is 0 Å². The van der Waals surface area contributed by atoms with Crippen LogP contribution < -0.4 is 31.1 Å². The van der Waals surface area contributed by atoms with Crippen molar-refractivity contribution < 1.29 is 0 Å². The topological polar surface area (TPSA) is 9.72 Å². The molecule has 396 valence electrons. The Morgan fingerprint density at radius 3 is 1.37 bits per heavy atom. The minimum atomic E-state index is -0.139. The van der Waals surface area contributed by atoms with Crippen LogP contribution in [0.2, 0.25) is 0 Å². The zero-order chi connectivity index (χ0) is 55.5. The highest BCUT2D eigenvalue weighted by atomic mass is 15.2. The van der Waals surface area contributed by atoms with Crippen molar-refractivity contribution in [3.63, 3.8) is 0 Å². The first-order chi connectivity index (χ1) is 35.4. The van der Waals surface area contributed by atoms with Gasteiger partial charge in [0.05, 0.1) is 17.1 Å². The van der Waals surface area contributed by atoms with Crippen LogP contribution in [0, 0.1) is 48.5 Å². The van der Waals surface area contributed by atoms with Gasteiger partial charge in [0.2, 0.25) is 0 Å². The number of fused-ring (bicyclic) bond motifs is 5. The van der Waals surface area contributed by atoms with Gasteiger partial charge in [0.1, 0.15) is 0 Å². The van der Waals surface area contributed by atoms with Crippen molar-refractivity contribution in [2.75, 3.05) is 14.7 Å². The Balaban J connectivity index is 0.00000230. The van der Waals surface area contributed by atoms with Gasteiger partial charge in [-0.3, -0.25) is 0 Å². The maximum Gasteiger partial charge on any atom is 0.252 e. The third-order valence-corrected chi connectivity index (χ3v) is 17.2. The summed E-state index contributed by atoms with van der Waals surface area (Å²) in [6.45, 7) is 51.4. The Bertz CT molecular complexity index is 3330. The fraction of sp³-hybridized carbons (Fsp3) is 0.417. The van der Waals surface area contributed by atoms with E-state index in [1.165, 1.54) is 129 Å². The van der Waals surface area contributed by atoms with Crippen LogP contribution in [0.5, 0.6) is 0 Å². The predicted octanol–water partition coefficient (Wildman–Crippen LogP) is 19.1. The Morgan fingerprint density at radius 2 is 0.882 bits per heavy atom. The number of hydrogen-bond donors (Lipinski definition) is 0. The van der Waals surface area contributed by atoms with Gasteiger partial charge in [-0.05, 0) is 208 Å². The van der Waals surface area contributed by atoms with Crippen LogP contribution in [0.3, 0.4) is 0 Å². The zero-order valence-corrected chi connectivity index (χ0v) is 50.9. The van der Waals surface area contributed by atoms with Gasteiger partial charge in [0.15, 0.2) is 0 Å². The van der Waals surface area contributed by atoms with Crippen LogP contribution in [-0.4, -0.2) is 6.71 Å². The average molecular weight is 1010 g/mol. The largest absolute Gasteiger partial charge is 0.311 e. The van der Waals surface area contributed by atoms with E-state index < -0.39 is 0 Å². The molecule has 0 amide bonds. The Hall–Kier alpha value is -6.00. The molecule has 0 radical (unpaired) electrons. The summed E-state index contributed by atoms with van der Waals surface area (Å²) in [5.41, 5.74) is 31.3. The molecule has 0 bridgehead atoms. The van der Waals surface area contributed by atoms with Crippen molar-refractivity contribution in [1.82, 2.24) is 0 Å². The highest BCUT2D eigenvalue weighted by Gasteiger charge is 2.48. The lowest BCUT2D eigenvalue weighted by molar-refractivity contribution is 0.332. The average Bonchev–Trinajstić information content (AvgIpc) is 3.31. The van der Waals surface area contributed by atoms with Gasteiger partial charge in [-0.1, -0.05) is 183 Å². The van der Waals surface area contributed by atoms with Crippen LogP contribution in [-0.2, 0) is 27.1 Å². The van der Waals surface area contributed by atoms with Gasteiger partial charge in [0.25, 0.3) is 6.71 Å². The summed E-state index contributed by atoms with van der Waals surface area (Å²) in [6, 6.07) is 43.8. The molecule has 0 N–H and O–H groups in total. The van der Waals surface area contributed by atoms with E-state index in [9.17, 15) is 0 Å². The molecule has 0 aromatic heterocycles. The highest BCUT2D eigenvalue weighted by molar-refractivity contribution is 7.00. The molecule has 7 aromatic carbocycles. The van der Waals surface area contributed by atoms with Crippen molar-refractivity contribution in [2.45, 2.75) is 199 Å². The molecule has 0 spiro atoms. The molecule has 4 heteroatoms. The van der Waals surface area contributed by atoms with Crippen molar-refractivity contribution >= 4 is 74.3 Å². The molecule has 0 saturated carbocycles. The van der Waals surface area contributed by atoms with E-state index in [4.69, 9.17) is 0 Å². The quantitative estimate of drug-likeness (QED) is 0.159. The van der Waals surface area contributed by atoms with E-state index in [0.29, 0.717) is 0 Å². The van der Waals surface area contributed by atoms with Crippen molar-refractivity contribution in [3.8, 4) is 0 Å². The maximum atomic E-state index is 2.70. The number of rotatable bonds is 5. The smallest absolute Gasteiger partial charge is 0.252 e. The van der Waals surface area contributed by atoms with E-state index >= 15 is 0 Å². The third-order valence-electron chi connectivity index (χ3n) is 17.2. The van der Waals surface area contributed by atoms with Crippen LogP contribution in [0.25, 0.3) is 0 Å². The molecule has 10 rings (SSSR count). The van der Waals surface area contributed by atoms with Crippen molar-refractivity contribution in [1.29, 1.82) is 0 Å². The number of para-hydroxylation sites is 1. The number of aryl methyl sites for hydroxylation is 7. The third kappa shape index (κ3) is 9.42. The second kappa shape index (κ2) is 19.2. The second-order valence-corrected chi connectivity index (χ2v) is 27.8. The van der Waals surface area contributed by atoms with Gasteiger partial charge in [-0.2, -0.15) is 0 Å².